The second kappa shape index (κ2) is 11.9. The lowest BCUT2D eigenvalue weighted by molar-refractivity contribution is -0.135. The third-order valence-electron chi connectivity index (χ3n) is 8.43. The second-order valence-corrected chi connectivity index (χ2v) is 11.3. The maximum absolute atomic E-state index is 13.8. The van der Waals surface area contributed by atoms with Gasteiger partial charge in [-0.1, -0.05) is 23.7 Å². The number of carbonyl (C=O) groups is 2. The molecule has 2 aliphatic heterocycles. The van der Waals surface area contributed by atoms with Crippen LogP contribution in [0.4, 0.5) is 15.0 Å². The highest BCUT2D eigenvalue weighted by Crippen LogP contribution is 2.41. The van der Waals surface area contributed by atoms with E-state index in [0.717, 1.165) is 24.5 Å². The molecule has 0 saturated carbocycles. The highest BCUT2D eigenvalue weighted by atomic mass is 35.5. The van der Waals surface area contributed by atoms with Crippen LogP contribution in [-0.4, -0.2) is 72.7 Å². The van der Waals surface area contributed by atoms with E-state index < -0.39 is 17.4 Å². The molecule has 2 amide bonds. The fourth-order valence-corrected chi connectivity index (χ4v) is 5.95. The van der Waals surface area contributed by atoms with Gasteiger partial charge in [-0.2, -0.15) is 0 Å². The van der Waals surface area contributed by atoms with Gasteiger partial charge in [0, 0.05) is 50.1 Å². The van der Waals surface area contributed by atoms with Crippen molar-refractivity contribution in [3.8, 4) is 11.5 Å². The van der Waals surface area contributed by atoms with E-state index in [1.54, 1.807) is 25.3 Å². The molecule has 2 atom stereocenters. The quantitative estimate of drug-likeness (QED) is 0.377. The molecule has 0 radical (unpaired) electrons. The number of ether oxygens (including phenoxy) is 2. The first-order valence-electron chi connectivity index (χ1n) is 13.7. The standard InChI is InChI=1S/C31H34ClFN4O4/c1-31(35(2)30(39)41-25-10-8-24(33)9-11-25)20-37(19-27(31)21-4-6-23(32)7-5-21)29(38)22-14-16-36(17-15-22)28-13-12-26(40-3)18-34-28/h4-13,18,22,27H,14-17,19-20H2,1-3H3. The fourth-order valence-electron chi connectivity index (χ4n) is 5.82. The van der Waals surface area contributed by atoms with Gasteiger partial charge in [0.1, 0.15) is 23.1 Å². The van der Waals surface area contributed by atoms with Crippen LogP contribution in [0.5, 0.6) is 11.5 Å². The molecule has 3 aromatic rings. The van der Waals surface area contributed by atoms with Gasteiger partial charge in [-0.3, -0.25) is 4.79 Å². The first kappa shape index (κ1) is 28.7. The molecule has 3 heterocycles. The average Bonchev–Trinajstić information content (AvgIpc) is 3.36. The minimum absolute atomic E-state index is 0.0929. The van der Waals surface area contributed by atoms with E-state index in [1.807, 2.05) is 48.2 Å². The third-order valence-corrected chi connectivity index (χ3v) is 8.68. The fraction of sp³-hybridized carbons (Fsp3) is 0.387. The molecular weight excluding hydrogens is 547 g/mol. The summed E-state index contributed by atoms with van der Waals surface area (Å²) < 4.78 is 24.1. The highest BCUT2D eigenvalue weighted by Gasteiger charge is 2.51. The molecule has 5 rings (SSSR count). The van der Waals surface area contributed by atoms with E-state index in [2.05, 4.69) is 9.88 Å². The molecule has 41 heavy (non-hydrogen) atoms. The summed E-state index contributed by atoms with van der Waals surface area (Å²) in [6.45, 7) is 4.25. The molecule has 2 unspecified atom stereocenters. The molecule has 0 N–H and O–H groups in total. The first-order chi connectivity index (χ1) is 19.7. The summed E-state index contributed by atoms with van der Waals surface area (Å²) in [6, 6.07) is 16.7. The van der Waals surface area contributed by atoms with E-state index in [0.29, 0.717) is 36.7 Å². The molecule has 0 spiro atoms. The van der Waals surface area contributed by atoms with Gasteiger partial charge in [-0.15, -0.1) is 0 Å². The van der Waals surface area contributed by atoms with Gasteiger partial charge < -0.3 is 24.2 Å². The van der Waals surface area contributed by atoms with Crippen molar-refractivity contribution in [1.29, 1.82) is 0 Å². The molecule has 2 fully saturated rings. The maximum Gasteiger partial charge on any atom is 0.415 e. The maximum atomic E-state index is 13.8. The van der Waals surface area contributed by atoms with Crippen LogP contribution in [0.15, 0.2) is 66.9 Å². The van der Waals surface area contributed by atoms with Crippen molar-refractivity contribution in [1.82, 2.24) is 14.8 Å². The Kier molecular flexibility index (Phi) is 8.35. The number of carbonyl (C=O) groups excluding carboxylic acids is 2. The topological polar surface area (TPSA) is 75.2 Å². The van der Waals surface area contributed by atoms with Gasteiger partial charge in [0.2, 0.25) is 5.91 Å². The first-order valence-corrected chi connectivity index (χ1v) is 14.1. The van der Waals surface area contributed by atoms with E-state index in [1.165, 1.54) is 24.3 Å². The number of piperidine rings is 1. The number of rotatable bonds is 6. The van der Waals surface area contributed by atoms with Crippen LogP contribution in [-0.2, 0) is 4.79 Å². The molecule has 8 nitrogen and oxygen atoms in total. The summed E-state index contributed by atoms with van der Waals surface area (Å²) in [5.74, 6) is 1.22. The minimum atomic E-state index is -0.756. The number of hydrogen-bond acceptors (Lipinski definition) is 6. The minimum Gasteiger partial charge on any atom is -0.495 e. The predicted octanol–water partition coefficient (Wildman–Crippen LogP) is 5.61. The predicted molar refractivity (Wildman–Crippen MR) is 155 cm³/mol. The summed E-state index contributed by atoms with van der Waals surface area (Å²) in [5.41, 5.74) is 0.225. The molecule has 10 heteroatoms. The Morgan fingerprint density at radius 1 is 1.02 bits per heavy atom. The largest absolute Gasteiger partial charge is 0.495 e. The summed E-state index contributed by atoms with van der Waals surface area (Å²) in [4.78, 5) is 37.2. The van der Waals surface area contributed by atoms with E-state index in [-0.39, 0.29) is 23.5 Å². The Morgan fingerprint density at radius 2 is 1.68 bits per heavy atom. The lowest BCUT2D eigenvalue weighted by Gasteiger charge is -2.39. The number of benzene rings is 2. The Labute approximate surface area is 244 Å². The molecule has 216 valence electrons. The molecule has 0 bridgehead atoms. The Balaban J connectivity index is 1.31. The zero-order chi connectivity index (χ0) is 29.1. The number of aromatic nitrogens is 1. The van der Waals surface area contributed by atoms with Crippen molar-refractivity contribution in [3.05, 3.63) is 83.3 Å². The monoisotopic (exact) mass is 580 g/mol. The molecule has 2 saturated heterocycles. The van der Waals surface area contributed by atoms with Crippen LogP contribution in [0.3, 0.4) is 0 Å². The van der Waals surface area contributed by atoms with Crippen LogP contribution in [0.25, 0.3) is 0 Å². The van der Waals surface area contributed by atoms with Gasteiger partial charge in [0.15, 0.2) is 0 Å². The number of hydrogen-bond donors (Lipinski definition) is 0. The normalized spacial score (nSPS) is 21.0. The summed E-state index contributed by atoms with van der Waals surface area (Å²) >= 11 is 6.17. The zero-order valence-corrected chi connectivity index (χ0v) is 24.2. The van der Waals surface area contributed by atoms with Crippen molar-refractivity contribution >= 4 is 29.4 Å². The van der Waals surface area contributed by atoms with Crippen LogP contribution < -0.4 is 14.4 Å². The number of pyridine rings is 1. The molecule has 1 aromatic heterocycles. The Hall–Kier alpha value is -3.85. The number of nitrogens with zero attached hydrogens (tertiary/aromatic N) is 4. The lowest BCUT2D eigenvalue weighted by Crippen LogP contribution is -2.53. The zero-order valence-electron chi connectivity index (χ0n) is 23.4. The number of anilines is 1. The van der Waals surface area contributed by atoms with Crippen molar-refractivity contribution in [3.63, 3.8) is 0 Å². The third kappa shape index (κ3) is 6.10. The smallest absolute Gasteiger partial charge is 0.415 e. The number of halogens is 2. The van der Waals surface area contributed by atoms with Gasteiger partial charge in [-0.25, -0.2) is 14.2 Å². The van der Waals surface area contributed by atoms with Gasteiger partial charge in [0.25, 0.3) is 0 Å². The molecule has 0 aliphatic carbocycles. The lowest BCUT2D eigenvalue weighted by atomic mass is 9.82. The van der Waals surface area contributed by atoms with E-state index in [4.69, 9.17) is 21.1 Å². The van der Waals surface area contributed by atoms with Crippen molar-refractivity contribution in [2.45, 2.75) is 31.2 Å². The number of methoxy groups -OCH3 is 1. The SMILES string of the molecule is COc1ccc(N2CCC(C(=O)N3CC(c4ccc(Cl)cc4)C(C)(N(C)C(=O)Oc4ccc(F)cc4)C3)CC2)nc1. The van der Waals surface area contributed by atoms with Gasteiger partial charge >= 0.3 is 6.09 Å². The van der Waals surface area contributed by atoms with Crippen LogP contribution in [0.1, 0.15) is 31.2 Å². The molecule has 2 aromatic carbocycles. The van der Waals surface area contributed by atoms with Crippen LogP contribution in [0.2, 0.25) is 5.02 Å². The second-order valence-electron chi connectivity index (χ2n) is 10.9. The van der Waals surface area contributed by atoms with E-state index >= 15 is 0 Å². The van der Waals surface area contributed by atoms with Crippen molar-refractivity contribution in [2.75, 3.05) is 45.2 Å². The summed E-state index contributed by atoms with van der Waals surface area (Å²) in [5, 5.41) is 0.614. The molecular formula is C31H34ClFN4O4. The van der Waals surface area contributed by atoms with Gasteiger partial charge in [-0.05, 0) is 73.9 Å². The van der Waals surface area contributed by atoms with Crippen LogP contribution >= 0.6 is 11.6 Å². The average molecular weight is 581 g/mol. The van der Waals surface area contributed by atoms with Crippen molar-refractivity contribution < 1.29 is 23.5 Å². The number of likely N-dealkylation sites (N-methyl/N-ethyl adjacent to an activating group) is 1. The number of likely N-dealkylation sites (tertiary alicyclic amines) is 1. The summed E-state index contributed by atoms with van der Waals surface area (Å²) in [6.07, 6.45) is 2.56. The van der Waals surface area contributed by atoms with Gasteiger partial charge in [0.05, 0.1) is 18.8 Å². The Bertz CT molecular complexity index is 1360. The van der Waals surface area contributed by atoms with Crippen molar-refractivity contribution in [2.24, 2.45) is 5.92 Å². The number of amides is 2. The summed E-state index contributed by atoms with van der Waals surface area (Å²) in [7, 11) is 3.30. The van der Waals surface area contributed by atoms with Crippen LogP contribution in [0, 0.1) is 11.7 Å². The Morgan fingerprint density at radius 3 is 2.29 bits per heavy atom. The molecule has 2 aliphatic rings. The highest BCUT2D eigenvalue weighted by molar-refractivity contribution is 6.30. The van der Waals surface area contributed by atoms with E-state index in [9.17, 15) is 14.0 Å².